The molecule has 5 heteroatoms. The molecule has 0 aliphatic rings. The molecule has 0 spiro atoms. The Morgan fingerprint density at radius 3 is 2.61 bits per heavy atom. The van der Waals surface area contributed by atoms with Crippen LogP contribution in [0.4, 0.5) is 5.69 Å². The molecular weight excluding hydrogens is 269 g/mol. The van der Waals surface area contributed by atoms with Crippen LogP contribution in [0.15, 0.2) is 24.4 Å². The molecule has 3 nitrogen and oxygen atoms in total. The monoisotopic (exact) mass is 283 g/mol. The van der Waals surface area contributed by atoms with E-state index in [0.29, 0.717) is 10.0 Å². The van der Waals surface area contributed by atoms with Crippen molar-refractivity contribution in [3.05, 3.63) is 45.7 Å². The zero-order chi connectivity index (χ0) is 13.3. The second kappa shape index (κ2) is 5.21. The summed E-state index contributed by atoms with van der Waals surface area (Å²) in [4.78, 5) is 0. The van der Waals surface area contributed by atoms with Gasteiger partial charge in [-0.15, -0.1) is 0 Å². The van der Waals surface area contributed by atoms with Crippen molar-refractivity contribution in [3.63, 3.8) is 0 Å². The Bertz CT molecular complexity index is 563. The van der Waals surface area contributed by atoms with E-state index in [9.17, 15) is 0 Å². The molecule has 0 saturated carbocycles. The van der Waals surface area contributed by atoms with Crippen molar-refractivity contribution >= 4 is 28.9 Å². The van der Waals surface area contributed by atoms with Crippen molar-refractivity contribution in [2.24, 2.45) is 7.05 Å². The number of hydrogen-bond acceptors (Lipinski definition) is 2. The number of aryl methyl sites for hydroxylation is 2. The van der Waals surface area contributed by atoms with Crippen LogP contribution >= 0.6 is 23.2 Å². The van der Waals surface area contributed by atoms with Crippen molar-refractivity contribution in [3.8, 4) is 0 Å². The van der Waals surface area contributed by atoms with E-state index < -0.39 is 0 Å². The van der Waals surface area contributed by atoms with Crippen LogP contribution in [-0.4, -0.2) is 9.78 Å². The van der Waals surface area contributed by atoms with E-state index in [-0.39, 0.29) is 6.04 Å². The zero-order valence-corrected chi connectivity index (χ0v) is 12.0. The second-order valence-electron chi connectivity index (χ2n) is 4.33. The average Bonchev–Trinajstić information content (AvgIpc) is 2.62. The van der Waals surface area contributed by atoms with Gasteiger partial charge in [0.2, 0.25) is 0 Å². The summed E-state index contributed by atoms with van der Waals surface area (Å²) in [5.41, 5.74) is 3.04. The molecule has 0 amide bonds. The Morgan fingerprint density at radius 1 is 1.33 bits per heavy atom. The van der Waals surface area contributed by atoms with Gasteiger partial charge in [-0.25, -0.2) is 0 Å². The number of benzene rings is 1. The van der Waals surface area contributed by atoms with Gasteiger partial charge in [-0.05, 0) is 32.0 Å². The Balaban J connectivity index is 2.21. The maximum Gasteiger partial charge on any atom is 0.0652 e. The molecule has 0 fully saturated rings. The minimum absolute atomic E-state index is 0.136. The lowest BCUT2D eigenvalue weighted by Gasteiger charge is -2.16. The quantitative estimate of drug-likeness (QED) is 0.915. The lowest BCUT2D eigenvalue weighted by molar-refractivity contribution is 0.756. The third-order valence-electron chi connectivity index (χ3n) is 2.82. The molecule has 96 valence electrons. The van der Waals surface area contributed by atoms with Crippen LogP contribution in [0.2, 0.25) is 10.0 Å². The van der Waals surface area contributed by atoms with Gasteiger partial charge >= 0.3 is 0 Å². The lowest BCUT2D eigenvalue weighted by atomic mass is 10.1. The maximum absolute atomic E-state index is 6.14. The highest BCUT2D eigenvalue weighted by molar-refractivity contribution is 6.36. The smallest absolute Gasteiger partial charge is 0.0652 e. The maximum atomic E-state index is 6.14. The minimum atomic E-state index is 0.136. The van der Waals surface area contributed by atoms with Gasteiger partial charge in [0.15, 0.2) is 0 Å². The first kappa shape index (κ1) is 13.2. The summed E-state index contributed by atoms with van der Waals surface area (Å²) in [5, 5.41) is 8.95. The van der Waals surface area contributed by atoms with Crippen molar-refractivity contribution in [1.82, 2.24) is 9.78 Å². The van der Waals surface area contributed by atoms with Gasteiger partial charge in [0.05, 0.1) is 22.4 Å². The first-order valence-electron chi connectivity index (χ1n) is 5.69. The Labute approximate surface area is 117 Å². The van der Waals surface area contributed by atoms with E-state index in [1.54, 1.807) is 6.07 Å². The lowest BCUT2D eigenvalue weighted by Crippen LogP contribution is -2.07. The van der Waals surface area contributed by atoms with Crippen molar-refractivity contribution < 1.29 is 0 Å². The predicted octanol–water partition coefficient (Wildman–Crippen LogP) is 4.21. The van der Waals surface area contributed by atoms with Gasteiger partial charge in [-0.2, -0.15) is 5.10 Å². The molecule has 1 unspecified atom stereocenters. The molecular formula is C13H15Cl2N3. The normalized spacial score (nSPS) is 12.5. The number of rotatable bonds is 3. The van der Waals surface area contributed by atoms with E-state index in [1.807, 2.05) is 37.0 Å². The Hall–Kier alpha value is -1.19. The fourth-order valence-corrected chi connectivity index (χ4v) is 2.42. The molecule has 1 N–H and O–H groups in total. The van der Waals surface area contributed by atoms with Crippen LogP contribution in [0.3, 0.4) is 0 Å². The molecule has 2 aromatic rings. The summed E-state index contributed by atoms with van der Waals surface area (Å²) in [6, 6.07) is 5.57. The van der Waals surface area contributed by atoms with Crippen LogP contribution in [0, 0.1) is 6.92 Å². The summed E-state index contributed by atoms with van der Waals surface area (Å²) in [7, 11) is 1.92. The predicted molar refractivity (Wildman–Crippen MR) is 76.4 cm³/mol. The first-order chi connectivity index (χ1) is 8.47. The molecule has 0 radical (unpaired) electrons. The Kier molecular flexibility index (Phi) is 3.83. The Morgan fingerprint density at radius 2 is 2.06 bits per heavy atom. The van der Waals surface area contributed by atoms with Crippen LogP contribution in [-0.2, 0) is 7.05 Å². The second-order valence-corrected chi connectivity index (χ2v) is 5.18. The standard InChI is InChI=1S/C13H15Cl2N3/c1-8(11-7-18(3)17-9(11)2)16-13-5-4-10(14)6-12(13)15/h4-8,16H,1-3H3. The molecule has 0 bridgehead atoms. The molecule has 0 aliphatic carbocycles. The fraction of sp³-hybridized carbons (Fsp3) is 0.308. The number of hydrogen-bond donors (Lipinski definition) is 1. The molecule has 1 atom stereocenters. The van der Waals surface area contributed by atoms with Gasteiger partial charge < -0.3 is 5.32 Å². The van der Waals surface area contributed by atoms with Gasteiger partial charge in [-0.3, -0.25) is 4.68 Å². The third kappa shape index (κ3) is 2.79. The van der Waals surface area contributed by atoms with Crippen molar-refractivity contribution in [2.75, 3.05) is 5.32 Å². The highest BCUT2D eigenvalue weighted by Gasteiger charge is 2.12. The number of halogens is 2. The number of anilines is 1. The molecule has 2 rings (SSSR count). The van der Waals surface area contributed by atoms with Crippen LogP contribution in [0.5, 0.6) is 0 Å². The number of nitrogens with one attached hydrogen (secondary N) is 1. The molecule has 1 heterocycles. The molecule has 0 aliphatic heterocycles. The van der Waals surface area contributed by atoms with E-state index in [1.165, 1.54) is 0 Å². The molecule has 0 saturated heterocycles. The van der Waals surface area contributed by atoms with E-state index in [0.717, 1.165) is 16.9 Å². The average molecular weight is 284 g/mol. The van der Waals surface area contributed by atoms with Crippen LogP contribution in [0.25, 0.3) is 0 Å². The number of aromatic nitrogens is 2. The number of nitrogens with zero attached hydrogens (tertiary/aromatic N) is 2. The molecule has 18 heavy (non-hydrogen) atoms. The fourth-order valence-electron chi connectivity index (χ4n) is 1.96. The van der Waals surface area contributed by atoms with Crippen LogP contribution in [0.1, 0.15) is 24.2 Å². The summed E-state index contributed by atoms with van der Waals surface area (Å²) >= 11 is 12.0. The SMILES string of the molecule is Cc1nn(C)cc1C(C)Nc1ccc(Cl)cc1Cl. The van der Waals surface area contributed by atoms with Gasteiger partial charge in [0.1, 0.15) is 0 Å². The first-order valence-corrected chi connectivity index (χ1v) is 6.44. The summed E-state index contributed by atoms with van der Waals surface area (Å²) in [6.45, 7) is 4.08. The highest BCUT2D eigenvalue weighted by Crippen LogP contribution is 2.29. The molecule has 1 aromatic carbocycles. The van der Waals surface area contributed by atoms with E-state index in [4.69, 9.17) is 23.2 Å². The van der Waals surface area contributed by atoms with Gasteiger partial charge in [-0.1, -0.05) is 23.2 Å². The van der Waals surface area contributed by atoms with Crippen molar-refractivity contribution in [1.29, 1.82) is 0 Å². The largest absolute Gasteiger partial charge is 0.377 e. The molecule has 1 aromatic heterocycles. The van der Waals surface area contributed by atoms with Crippen molar-refractivity contribution in [2.45, 2.75) is 19.9 Å². The van der Waals surface area contributed by atoms with E-state index >= 15 is 0 Å². The summed E-state index contributed by atoms with van der Waals surface area (Å²) in [6.07, 6.45) is 2.01. The zero-order valence-electron chi connectivity index (χ0n) is 10.5. The van der Waals surface area contributed by atoms with Gasteiger partial charge in [0, 0.05) is 23.8 Å². The summed E-state index contributed by atoms with van der Waals surface area (Å²) in [5.74, 6) is 0. The van der Waals surface area contributed by atoms with Crippen LogP contribution < -0.4 is 5.32 Å². The minimum Gasteiger partial charge on any atom is -0.377 e. The summed E-state index contributed by atoms with van der Waals surface area (Å²) < 4.78 is 1.81. The highest BCUT2D eigenvalue weighted by atomic mass is 35.5. The van der Waals surface area contributed by atoms with Gasteiger partial charge in [0.25, 0.3) is 0 Å². The van der Waals surface area contributed by atoms with E-state index in [2.05, 4.69) is 17.3 Å². The third-order valence-corrected chi connectivity index (χ3v) is 3.37. The topological polar surface area (TPSA) is 29.9 Å².